The van der Waals surface area contributed by atoms with E-state index in [4.69, 9.17) is 5.26 Å². The maximum Gasteiger partial charge on any atom is 0.144 e. The van der Waals surface area contributed by atoms with E-state index in [2.05, 4.69) is 23.3 Å². The van der Waals surface area contributed by atoms with Crippen molar-refractivity contribution in [2.24, 2.45) is 5.92 Å². The van der Waals surface area contributed by atoms with Gasteiger partial charge < -0.3 is 5.32 Å². The second kappa shape index (κ2) is 4.41. The van der Waals surface area contributed by atoms with Crippen molar-refractivity contribution in [3.8, 4) is 6.07 Å². The Hall–Kier alpha value is -1.40. The van der Waals surface area contributed by atoms with Gasteiger partial charge in [0.25, 0.3) is 0 Å². The van der Waals surface area contributed by atoms with Crippen LogP contribution in [0.5, 0.6) is 0 Å². The molecule has 1 unspecified atom stereocenters. The Kier molecular flexibility index (Phi) is 2.98. The van der Waals surface area contributed by atoms with Crippen molar-refractivity contribution < 1.29 is 0 Å². The second-order valence-electron chi connectivity index (χ2n) is 4.13. The third kappa shape index (κ3) is 2.54. The van der Waals surface area contributed by atoms with E-state index < -0.39 is 0 Å². The number of pyridine rings is 1. The van der Waals surface area contributed by atoms with Gasteiger partial charge in [-0.05, 0) is 31.7 Å². The first-order chi connectivity index (χ1) is 7.31. The molecular weight excluding hydrogens is 186 g/mol. The largest absolute Gasteiger partial charge is 0.310 e. The van der Waals surface area contributed by atoms with Crippen molar-refractivity contribution in [3.63, 3.8) is 0 Å². The first-order valence-electron chi connectivity index (χ1n) is 5.38. The number of hydrogen-bond acceptors (Lipinski definition) is 3. The molecule has 1 N–H and O–H groups in total. The molecule has 1 aliphatic rings. The van der Waals surface area contributed by atoms with E-state index >= 15 is 0 Å². The van der Waals surface area contributed by atoms with Crippen molar-refractivity contribution in [3.05, 3.63) is 29.6 Å². The van der Waals surface area contributed by atoms with Crippen LogP contribution in [0.1, 0.15) is 31.0 Å². The lowest BCUT2D eigenvalue weighted by atomic mass is 10.1. The van der Waals surface area contributed by atoms with Crippen LogP contribution in [0.3, 0.4) is 0 Å². The molecule has 1 saturated carbocycles. The SMILES string of the molecule is CC(NCc1cccnc1C#N)C1CC1. The Morgan fingerprint density at radius 3 is 3.13 bits per heavy atom. The van der Waals surface area contributed by atoms with Gasteiger partial charge in [0.05, 0.1) is 0 Å². The molecule has 3 heteroatoms. The monoisotopic (exact) mass is 201 g/mol. The molecule has 1 aliphatic carbocycles. The molecule has 0 aromatic carbocycles. The minimum absolute atomic E-state index is 0.535. The first-order valence-corrected chi connectivity index (χ1v) is 5.38. The van der Waals surface area contributed by atoms with Gasteiger partial charge in [0.1, 0.15) is 11.8 Å². The molecule has 78 valence electrons. The lowest BCUT2D eigenvalue weighted by Gasteiger charge is -2.12. The predicted octanol–water partition coefficient (Wildman–Crippen LogP) is 1.84. The lowest BCUT2D eigenvalue weighted by molar-refractivity contribution is 0.495. The Bertz CT molecular complexity index is 377. The minimum Gasteiger partial charge on any atom is -0.310 e. The summed E-state index contributed by atoms with van der Waals surface area (Å²) < 4.78 is 0. The molecule has 3 nitrogen and oxygen atoms in total. The van der Waals surface area contributed by atoms with E-state index in [9.17, 15) is 0 Å². The van der Waals surface area contributed by atoms with E-state index in [1.165, 1.54) is 12.8 Å². The molecular formula is C12H15N3. The second-order valence-corrected chi connectivity index (χ2v) is 4.13. The molecule has 1 atom stereocenters. The normalized spacial score (nSPS) is 17.1. The predicted molar refractivity (Wildman–Crippen MR) is 58.0 cm³/mol. The number of nitrogens with one attached hydrogen (secondary N) is 1. The highest BCUT2D eigenvalue weighted by Gasteiger charge is 2.27. The van der Waals surface area contributed by atoms with Gasteiger partial charge in [-0.3, -0.25) is 0 Å². The number of aromatic nitrogens is 1. The van der Waals surface area contributed by atoms with Crippen LogP contribution in [0.15, 0.2) is 18.3 Å². The maximum atomic E-state index is 8.86. The van der Waals surface area contributed by atoms with Crippen LogP contribution in [0, 0.1) is 17.2 Å². The van der Waals surface area contributed by atoms with Crippen LogP contribution in [-0.4, -0.2) is 11.0 Å². The highest BCUT2D eigenvalue weighted by atomic mass is 14.9. The number of hydrogen-bond donors (Lipinski definition) is 1. The molecule has 0 aliphatic heterocycles. The van der Waals surface area contributed by atoms with Crippen LogP contribution >= 0.6 is 0 Å². The van der Waals surface area contributed by atoms with Crippen LogP contribution in [0.4, 0.5) is 0 Å². The average molecular weight is 201 g/mol. The molecule has 1 aromatic heterocycles. The number of rotatable bonds is 4. The van der Waals surface area contributed by atoms with Gasteiger partial charge >= 0.3 is 0 Å². The van der Waals surface area contributed by atoms with E-state index in [1.54, 1.807) is 6.20 Å². The van der Waals surface area contributed by atoms with Gasteiger partial charge in [0.2, 0.25) is 0 Å². The number of nitrogens with zero attached hydrogens (tertiary/aromatic N) is 2. The number of nitriles is 1. The fourth-order valence-electron chi connectivity index (χ4n) is 1.72. The molecule has 0 radical (unpaired) electrons. The molecule has 0 spiro atoms. The fourth-order valence-corrected chi connectivity index (χ4v) is 1.72. The summed E-state index contributed by atoms with van der Waals surface area (Å²) in [6, 6.07) is 6.50. The zero-order chi connectivity index (χ0) is 10.7. The Morgan fingerprint density at radius 2 is 2.47 bits per heavy atom. The Balaban J connectivity index is 1.95. The van der Waals surface area contributed by atoms with E-state index in [0.29, 0.717) is 11.7 Å². The molecule has 0 amide bonds. The zero-order valence-electron chi connectivity index (χ0n) is 8.90. The van der Waals surface area contributed by atoms with Crippen molar-refractivity contribution in [1.29, 1.82) is 5.26 Å². The molecule has 15 heavy (non-hydrogen) atoms. The van der Waals surface area contributed by atoms with Crippen molar-refractivity contribution >= 4 is 0 Å². The summed E-state index contributed by atoms with van der Waals surface area (Å²) >= 11 is 0. The summed E-state index contributed by atoms with van der Waals surface area (Å²) in [7, 11) is 0. The van der Waals surface area contributed by atoms with Crippen molar-refractivity contribution in [2.45, 2.75) is 32.4 Å². The summed E-state index contributed by atoms with van der Waals surface area (Å²) in [6.07, 6.45) is 4.34. The van der Waals surface area contributed by atoms with Gasteiger partial charge in [0, 0.05) is 24.3 Å². The first kappa shape index (κ1) is 10.1. The fraction of sp³-hybridized carbons (Fsp3) is 0.500. The Labute approximate surface area is 90.1 Å². The van der Waals surface area contributed by atoms with Gasteiger partial charge in [-0.1, -0.05) is 6.07 Å². The van der Waals surface area contributed by atoms with E-state index in [-0.39, 0.29) is 0 Å². The molecule has 2 rings (SSSR count). The summed E-state index contributed by atoms with van der Waals surface area (Å²) in [4.78, 5) is 4.03. The van der Waals surface area contributed by atoms with Crippen molar-refractivity contribution in [1.82, 2.24) is 10.3 Å². The summed E-state index contributed by atoms with van der Waals surface area (Å²) in [6.45, 7) is 2.95. The molecule has 0 saturated heterocycles. The van der Waals surface area contributed by atoms with Gasteiger partial charge in [-0.25, -0.2) is 4.98 Å². The van der Waals surface area contributed by atoms with Gasteiger partial charge in [-0.15, -0.1) is 0 Å². The average Bonchev–Trinajstić information content (AvgIpc) is 3.10. The maximum absolute atomic E-state index is 8.86. The lowest BCUT2D eigenvalue weighted by Crippen LogP contribution is -2.27. The van der Waals surface area contributed by atoms with Gasteiger partial charge in [-0.2, -0.15) is 5.26 Å². The zero-order valence-corrected chi connectivity index (χ0v) is 8.90. The third-order valence-corrected chi connectivity index (χ3v) is 2.94. The summed E-state index contributed by atoms with van der Waals surface area (Å²) in [5.41, 5.74) is 1.53. The topological polar surface area (TPSA) is 48.7 Å². The quantitative estimate of drug-likeness (QED) is 0.808. The standard InChI is InChI=1S/C12H15N3/c1-9(10-4-5-10)15-8-11-3-2-6-14-12(11)7-13/h2-3,6,9-10,15H,4-5,8H2,1H3. The summed E-state index contributed by atoms with van der Waals surface area (Å²) in [5.74, 6) is 0.840. The van der Waals surface area contributed by atoms with Crippen LogP contribution < -0.4 is 5.32 Å². The van der Waals surface area contributed by atoms with Crippen LogP contribution in [-0.2, 0) is 6.54 Å². The van der Waals surface area contributed by atoms with E-state index in [0.717, 1.165) is 18.0 Å². The minimum atomic E-state index is 0.535. The molecule has 1 aromatic rings. The van der Waals surface area contributed by atoms with Crippen LogP contribution in [0.2, 0.25) is 0 Å². The van der Waals surface area contributed by atoms with E-state index in [1.807, 2.05) is 12.1 Å². The third-order valence-electron chi connectivity index (χ3n) is 2.94. The highest BCUT2D eigenvalue weighted by molar-refractivity contribution is 5.30. The summed E-state index contributed by atoms with van der Waals surface area (Å²) in [5, 5.41) is 12.3. The molecule has 1 fully saturated rings. The smallest absolute Gasteiger partial charge is 0.144 e. The van der Waals surface area contributed by atoms with Crippen LogP contribution in [0.25, 0.3) is 0 Å². The highest BCUT2D eigenvalue weighted by Crippen LogP contribution is 2.32. The van der Waals surface area contributed by atoms with Crippen molar-refractivity contribution in [2.75, 3.05) is 0 Å². The molecule has 0 bridgehead atoms. The van der Waals surface area contributed by atoms with Gasteiger partial charge in [0.15, 0.2) is 0 Å². The molecule has 1 heterocycles. The Morgan fingerprint density at radius 1 is 1.67 bits per heavy atom.